The van der Waals surface area contributed by atoms with Gasteiger partial charge in [0.15, 0.2) is 0 Å². The predicted molar refractivity (Wildman–Crippen MR) is 54.6 cm³/mol. The number of hydrogen-bond acceptors (Lipinski definition) is 2. The normalized spacial score (nSPS) is 39.7. The van der Waals surface area contributed by atoms with E-state index in [0.29, 0.717) is 12.8 Å². The molecular formula is C10H18O3S. The van der Waals surface area contributed by atoms with Crippen LogP contribution in [0, 0.1) is 11.8 Å². The Morgan fingerprint density at radius 3 is 1.86 bits per heavy atom. The fourth-order valence-electron chi connectivity index (χ4n) is 2.55. The fraction of sp³-hybridized carbons (Fsp3) is 1.00. The maximum absolute atomic E-state index is 11.2. The maximum atomic E-state index is 11.2. The topological polar surface area (TPSA) is 54.4 Å². The third-order valence-corrected chi connectivity index (χ3v) is 5.65. The Morgan fingerprint density at radius 2 is 1.50 bits per heavy atom. The Kier molecular flexibility index (Phi) is 2.39. The van der Waals surface area contributed by atoms with E-state index < -0.39 is 14.9 Å². The number of rotatable bonds is 2. The van der Waals surface area contributed by atoms with E-state index in [4.69, 9.17) is 4.55 Å². The average molecular weight is 218 g/mol. The Balaban J connectivity index is 2.00. The monoisotopic (exact) mass is 218 g/mol. The van der Waals surface area contributed by atoms with E-state index in [0.717, 1.165) is 24.7 Å². The summed E-state index contributed by atoms with van der Waals surface area (Å²) in [4.78, 5) is 0. The quantitative estimate of drug-likeness (QED) is 0.723. The molecule has 1 N–H and O–H groups in total. The minimum absolute atomic E-state index is 0.632. The van der Waals surface area contributed by atoms with Crippen molar-refractivity contribution < 1.29 is 13.0 Å². The summed E-state index contributed by atoms with van der Waals surface area (Å²) in [6, 6.07) is 0. The lowest BCUT2D eigenvalue weighted by molar-refractivity contribution is 0.265. The van der Waals surface area contributed by atoms with Crippen molar-refractivity contribution in [2.75, 3.05) is 0 Å². The van der Waals surface area contributed by atoms with Gasteiger partial charge in [-0.1, -0.05) is 0 Å². The van der Waals surface area contributed by atoms with Crippen molar-refractivity contribution in [3.8, 4) is 0 Å². The van der Waals surface area contributed by atoms with Crippen LogP contribution in [0.1, 0.15) is 45.4 Å². The van der Waals surface area contributed by atoms with Gasteiger partial charge in [-0.25, -0.2) is 0 Å². The van der Waals surface area contributed by atoms with Crippen LogP contribution < -0.4 is 0 Å². The highest BCUT2D eigenvalue weighted by molar-refractivity contribution is 7.87. The third-order valence-electron chi connectivity index (χ3n) is 4.00. The lowest BCUT2D eigenvalue weighted by Gasteiger charge is -2.34. The minimum atomic E-state index is -3.85. The van der Waals surface area contributed by atoms with Crippen LogP contribution in [-0.2, 0) is 10.1 Å². The molecule has 3 nitrogen and oxygen atoms in total. The Hall–Kier alpha value is -0.0900. The first kappa shape index (κ1) is 10.4. The van der Waals surface area contributed by atoms with Gasteiger partial charge in [0.2, 0.25) is 0 Å². The summed E-state index contributed by atoms with van der Waals surface area (Å²) in [5, 5.41) is 0. The highest BCUT2D eigenvalue weighted by atomic mass is 32.2. The summed E-state index contributed by atoms with van der Waals surface area (Å²) in [6.07, 6.45) is 5.86. The lowest BCUT2D eigenvalue weighted by Crippen LogP contribution is -2.39. The Bertz CT molecular complexity index is 308. The van der Waals surface area contributed by atoms with E-state index in [9.17, 15) is 8.42 Å². The van der Waals surface area contributed by atoms with Crippen LogP contribution in [0.25, 0.3) is 0 Å². The van der Waals surface area contributed by atoms with E-state index in [1.54, 1.807) is 6.92 Å². The molecule has 82 valence electrons. The maximum Gasteiger partial charge on any atom is 0.270 e. The smallest absolute Gasteiger partial charge is 0.270 e. The molecule has 0 amide bonds. The molecule has 14 heavy (non-hydrogen) atoms. The van der Waals surface area contributed by atoms with E-state index in [1.807, 2.05) is 0 Å². The van der Waals surface area contributed by atoms with Crippen molar-refractivity contribution in [1.29, 1.82) is 0 Å². The van der Waals surface area contributed by atoms with Crippen molar-refractivity contribution in [3.05, 3.63) is 0 Å². The van der Waals surface area contributed by atoms with Gasteiger partial charge in [-0.3, -0.25) is 4.55 Å². The van der Waals surface area contributed by atoms with Crippen LogP contribution in [0.4, 0.5) is 0 Å². The van der Waals surface area contributed by atoms with Gasteiger partial charge < -0.3 is 0 Å². The van der Waals surface area contributed by atoms with Crippen LogP contribution in [0.3, 0.4) is 0 Å². The van der Waals surface area contributed by atoms with E-state index in [-0.39, 0.29) is 0 Å². The molecule has 0 spiro atoms. The van der Waals surface area contributed by atoms with Crippen molar-refractivity contribution in [2.24, 2.45) is 11.8 Å². The molecule has 2 saturated carbocycles. The van der Waals surface area contributed by atoms with Gasteiger partial charge in [0.05, 0.1) is 4.75 Å². The second kappa shape index (κ2) is 3.20. The molecule has 0 saturated heterocycles. The van der Waals surface area contributed by atoms with Crippen LogP contribution in [0.5, 0.6) is 0 Å². The highest BCUT2D eigenvalue weighted by Gasteiger charge is 2.44. The summed E-state index contributed by atoms with van der Waals surface area (Å²) >= 11 is 0. The van der Waals surface area contributed by atoms with Gasteiger partial charge in [-0.15, -0.1) is 0 Å². The SMILES string of the molecule is CC1(S(=O)(=O)O)CCC(C2CC2)CC1. The molecule has 0 aromatic carbocycles. The van der Waals surface area contributed by atoms with Gasteiger partial charge >= 0.3 is 0 Å². The van der Waals surface area contributed by atoms with Crippen molar-refractivity contribution >= 4 is 10.1 Å². The zero-order valence-corrected chi connectivity index (χ0v) is 9.39. The minimum Gasteiger partial charge on any atom is -0.285 e. The first-order chi connectivity index (χ1) is 6.42. The third kappa shape index (κ3) is 1.82. The summed E-state index contributed by atoms with van der Waals surface area (Å²) in [7, 11) is -3.85. The van der Waals surface area contributed by atoms with Crippen molar-refractivity contribution in [3.63, 3.8) is 0 Å². The van der Waals surface area contributed by atoms with E-state index in [1.165, 1.54) is 12.8 Å². The fourth-order valence-corrected chi connectivity index (χ4v) is 3.30. The molecule has 2 aliphatic carbocycles. The highest BCUT2D eigenvalue weighted by Crippen LogP contribution is 2.47. The molecule has 0 bridgehead atoms. The van der Waals surface area contributed by atoms with Gasteiger partial charge in [-0.2, -0.15) is 8.42 Å². The van der Waals surface area contributed by atoms with Crippen LogP contribution >= 0.6 is 0 Å². The zero-order chi connectivity index (χ0) is 10.4. The summed E-state index contributed by atoms with van der Waals surface area (Å²) in [6.45, 7) is 1.67. The first-order valence-corrected chi connectivity index (χ1v) is 6.83. The summed E-state index contributed by atoms with van der Waals surface area (Å²) < 4.78 is 30.6. The van der Waals surface area contributed by atoms with Gasteiger partial charge in [0.25, 0.3) is 10.1 Å². The second-order valence-electron chi connectivity index (χ2n) is 5.10. The standard InChI is InChI=1S/C10H18O3S/c1-10(14(11,12)13)6-4-9(5-7-10)8-2-3-8/h8-9H,2-7H2,1H3,(H,11,12,13). The second-order valence-corrected chi connectivity index (χ2v) is 7.04. The van der Waals surface area contributed by atoms with Gasteiger partial charge in [-0.05, 0) is 57.3 Å². The van der Waals surface area contributed by atoms with Crippen LogP contribution in [0.2, 0.25) is 0 Å². The average Bonchev–Trinajstić information content (AvgIpc) is 2.86. The van der Waals surface area contributed by atoms with E-state index in [2.05, 4.69) is 0 Å². The van der Waals surface area contributed by atoms with Gasteiger partial charge in [0.1, 0.15) is 0 Å². The lowest BCUT2D eigenvalue weighted by atomic mass is 9.80. The summed E-state index contributed by atoms with van der Waals surface area (Å²) in [5.74, 6) is 1.59. The molecule has 4 heteroatoms. The predicted octanol–water partition coefficient (Wildman–Crippen LogP) is 2.23. The molecule has 0 aromatic heterocycles. The Labute approximate surface area is 85.6 Å². The molecular weight excluding hydrogens is 200 g/mol. The van der Waals surface area contributed by atoms with Crippen molar-refractivity contribution in [1.82, 2.24) is 0 Å². The molecule has 0 unspecified atom stereocenters. The Morgan fingerprint density at radius 1 is 1.07 bits per heavy atom. The first-order valence-electron chi connectivity index (χ1n) is 5.39. The van der Waals surface area contributed by atoms with Crippen molar-refractivity contribution in [2.45, 2.75) is 50.2 Å². The molecule has 0 aromatic rings. The molecule has 0 heterocycles. The van der Waals surface area contributed by atoms with Crippen LogP contribution in [0.15, 0.2) is 0 Å². The molecule has 0 aliphatic heterocycles. The largest absolute Gasteiger partial charge is 0.285 e. The zero-order valence-electron chi connectivity index (χ0n) is 8.57. The number of hydrogen-bond donors (Lipinski definition) is 1. The van der Waals surface area contributed by atoms with Crippen LogP contribution in [-0.4, -0.2) is 17.7 Å². The molecule has 0 radical (unpaired) electrons. The molecule has 0 atom stereocenters. The van der Waals surface area contributed by atoms with Gasteiger partial charge in [0, 0.05) is 0 Å². The molecule has 2 rings (SSSR count). The molecule has 2 aliphatic rings. The molecule has 2 fully saturated rings. The van der Waals surface area contributed by atoms with E-state index >= 15 is 0 Å². The summed E-state index contributed by atoms with van der Waals surface area (Å²) in [5.41, 5.74) is 0.